The van der Waals surface area contributed by atoms with Crippen molar-refractivity contribution in [3.63, 3.8) is 0 Å². The van der Waals surface area contributed by atoms with Gasteiger partial charge in [-0.1, -0.05) is 12.1 Å². The Morgan fingerprint density at radius 2 is 2.32 bits per heavy atom. The standard InChI is InChI=1S/C13H16N4O2/c18-13(10-7-14-5-6-15-10)16-8-12-17-9-3-1-2-4-11(9)19-12/h1-4,10,14-15H,5-8H2,(H,16,18). The predicted octanol–water partition coefficient (Wildman–Crippen LogP) is 0.00540. The van der Waals surface area contributed by atoms with Gasteiger partial charge in [0, 0.05) is 19.6 Å². The zero-order valence-electron chi connectivity index (χ0n) is 10.5. The summed E-state index contributed by atoms with van der Waals surface area (Å²) < 4.78 is 5.54. The summed E-state index contributed by atoms with van der Waals surface area (Å²) in [5, 5.41) is 9.16. The molecule has 2 heterocycles. The Balaban J connectivity index is 1.60. The molecule has 1 aliphatic rings. The van der Waals surface area contributed by atoms with Gasteiger partial charge in [-0.15, -0.1) is 0 Å². The second-order valence-electron chi connectivity index (χ2n) is 4.50. The summed E-state index contributed by atoms with van der Waals surface area (Å²) in [6.45, 7) is 2.67. The maximum Gasteiger partial charge on any atom is 0.238 e. The minimum Gasteiger partial charge on any atom is -0.439 e. The van der Waals surface area contributed by atoms with Crippen LogP contribution in [0.25, 0.3) is 11.1 Å². The number of carbonyl (C=O) groups is 1. The molecule has 0 aliphatic carbocycles. The number of hydrogen-bond donors (Lipinski definition) is 3. The highest BCUT2D eigenvalue weighted by molar-refractivity contribution is 5.82. The van der Waals surface area contributed by atoms with E-state index in [-0.39, 0.29) is 11.9 Å². The predicted molar refractivity (Wildman–Crippen MR) is 70.5 cm³/mol. The Morgan fingerprint density at radius 1 is 1.42 bits per heavy atom. The fraction of sp³-hybridized carbons (Fsp3) is 0.385. The number of oxazole rings is 1. The molecule has 1 unspecified atom stereocenters. The van der Waals surface area contributed by atoms with Crippen LogP contribution in [-0.2, 0) is 11.3 Å². The van der Waals surface area contributed by atoms with Crippen molar-refractivity contribution in [1.82, 2.24) is 20.9 Å². The summed E-state index contributed by atoms with van der Waals surface area (Å²) in [6, 6.07) is 7.37. The van der Waals surface area contributed by atoms with Gasteiger partial charge in [0.15, 0.2) is 5.58 Å². The Kier molecular flexibility index (Phi) is 3.43. The van der Waals surface area contributed by atoms with Crippen molar-refractivity contribution in [3.05, 3.63) is 30.2 Å². The number of fused-ring (bicyclic) bond motifs is 1. The minimum absolute atomic E-state index is 0.0329. The smallest absolute Gasteiger partial charge is 0.238 e. The molecule has 6 nitrogen and oxygen atoms in total. The maximum atomic E-state index is 11.9. The second kappa shape index (κ2) is 5.38. The summed E-state index contributed by atoms with van der Waals surface area (Å²) in [6.07, 6.45) is 0. The van der Waals surface area contributed by atoms with Crippen molar-refractivity contribution < 1.29 is 9.21 Å². The van der Waals surface area contributed by atoms with Gasteiger partial charge in [-0.05, 0) is 12.1 Å². The second-order valence-corrected chi connectivity index (χ2v) is 4.50. The molecule has 6 heteroatoms. The molecule has 2 aromatic rings. The average Bonchev–Trinajstić information content (AvgIpc) is 2.88. The van der Waals surface area contributed by atoms with E-state index in [2.05, 4.69) is 20.9 Å². The molecule has 3 N–H and O–H groups in total. The van der Waals surface area contributed by atoms with Gasteiger partial charge < -0.3 is 20.4 Å². The van der Waals surface area contributed by atoms with Crippen molar-refractivity contribution in [3.8, 4) is 0 Å². The molecule has 3 rings (SSSR count). The maximum absolute atomic E-state index is 11.9. The van der Waals surface area contributed by atoms with Crippen LogP contribution in [0.3, 0.4) is 0 Å². The van der Waals surface area contributed by atoms with Crippen LogP contribution in [0.1, 0.15) is 5.89 Å². The average molecular weight is 260 g/mol. The molecule has 1 atom stereocenters. The number of hydrogen-bond acceptors (Lipinski definition) is 5. The van der Waals surface area contributed by atoms with Crippen molar-refractivity contribution >= 4 is 17.0 Å². The lowest BCUT2D eigenvalue weighted by atomic mass is 10.2. The van der Waals surface area contributed by atoms with Gasteiger partial charge in [0.25, 0.3) is 0 Å². The van der Waals surface area contributed by atoms with E-state index in [0.29, 0.717) is 19.0 Å². The zero-order valence-corrected chi connectivity index (χ0v) is 10.5. The normalized spacial score (nSPS) is 19.5. The number of benzene rings is 1. The molecule has 1 aromatic heterocycles. The first-order valence-corrected chi connectivity index (χ1v) is 6.39. The van der Waals surface area contributed by atoms with E-state index in [1.165, 1.54) is 0 Å². The lowest BCUT2D eigenvalue weighted by Gasteiger charge is -2.23. The van der Waals surface area contributed by atoms with Crippen LogP contribution in [0.15, 0.2) is 28.7 Å². The molecule has 0 saturated carbocycles. The Labute approximate surface area is 110 Å². The highest BCUT2D eigenvalue weighted by Gasteiger charge is 2.20. The first-order chi connectivity index (χ1) is 9.33. The van der Waals surface area contributed by atoms with Crippen LogP contribution in [-0.4, -0.2) is 36.6 Å². The van der Waals surface area contributed by atoms with Crippen molar-refractivity contribution in [1.29, 1.82) is 0 Å². The van der Waals surface area contributed by atoms with Crippen LogP contribution in [0.2, 0.25) is 0 Å². The van der Waals surface area contributed by atoms with Crippen LogP contribution in [0.5, 0.6) is 0 Å². The van der Waals surface area contributed by atoms with Gasteiger partial charge in [-0.2, -0.15) is 0 Å². The summed E-state index contributed by atoms with van der Waals surface area (Å²) >= 11 is 0. The number of amides is 1. The van der Waals surface area contributed by atoms with Crippen molar-refractivity contribution in [2.45, 2.75) is 12.6 Å². The number of nitrogens with one attached hydrogen (secondary N) is 3. The fourth-order valence-corrected chi connectivity index (χ4v) is 2.12. The molecule has 1 aliphatic heterocycles. The Morgan fingerprint density at radius 3 is 3.11 bits per heavy atom. The molecular formula is C13H16N4O2. The summed E-state index contributed by atoms with van der Waals surface area (Å²) in [5.41, 5.74) is 1.55. The van der Waals surface area contributed by atoms with Crippen molar-refractivity contribution in [2.75, 3.05) is 19.6 Å². The van der Waals surface area contributed by atoms with E-state index in [4.69, 9.17) is 4.42 Å². The quantitative estimate of drug-likeness (QED) is 0.724. The molecule has 1 aromatic carbocycles. The molecule has 100 valence electrons. The van der Waals surface area contributed by atoms with Crippen LogP contribution < -0.4 is 16.0 Å². The Bertz CT molecular complexity index is 542. The fourth-order valence-electron chi connectivity index (χ4n) is 2.12. The molecule has 1 amide bonds. The van der Waals surface area contributed by atoms with Gasteiger partial charge in [0.05, 0.1) is 12.6 Å². The van der Waals surface area contributed by atoms with Crippen LogP contribution >= 0.6 is 0 Å². The first kappa shape index (κ1) is 12.1. The summed E-state index contributed by atoms with van der Waals surface area (Å²) in [4.78, 5) is 16.2. The first-order valence-electron chi connectivity index (χ1n) is 6.39. The number of para-hydroxylation sites is 2. The van der Waals surface area contributed by atoms with Gasteiger partial charge >= 0.3 is 0 Å². The topological polar surface area (TPSA) is 79.2 Å². The van der Waals surface area contributed by atoms with E-state index < -0.39 is 0 Å². The molecule has 0 bridgehead atoms. The highest BCUT2D eigenvalue weighted by atomic mass is 16.3. The summed E-state index contributed by atoms with van der Waals surface area (Å²) in [5.74, 6) is 0.493. The molecule has 0 spiro atoms. The van der Waals surface area contributed by atoms with Crippen molar-refractivity contribution in [2.24, 2.45) is 0 Å². The molecule has 0 radical (unpaired) electrons. The molecule has 1 fully saturated rings. The molecular weight excluding hydrogens is 244 g/mol. The van der Waals surface area contributed by atoms with E-state index in [1.807, 2.05) is 24.3 Å². The van der Waals surface area contributed by atoms with Crippen LogP contribution in [0, 0.1) is 0 Å². The summed E-state index contributed by atoms with van der Waals surface area (Å²) in [7, 11) is 0. The Hall–Kier alpha value is -1.92. The van der Waals surface area contributed by atoms with Gasteiger partial charge in [-0.3, -0.25) is 4.79 Å². The minimum atomic E-state index is -0.182. The van der Waals surface area contributed by atoms with Gasteiger partial charge in [0.2, 0.25) is 11.8 Å². The number of rotatable bonds is 3. The highest BCUT2D eigenvalue weighted by Crippen LogP contribution is 2.14. The van der Waals surface area contributed by atoms with E-state index >= 15 is 0 Å². The number of carbonyl (C=O) groups excluding carboxylic acids is 1. The lowest BCUT2D eigenvalue weighted by Crippen LogP contribution is -2.55. The third kappa shape index (κ3) is 2.74. The number of piperazine rings is 1. The monoisotopic (exact) mass is 260 g/mol. The van der Waals surface area contributed by atoms with Gasteiger partial charge in [0.1, 0.15) is 5.52 Å². The third-order valence-corrected chi connectivity index (χ3v) is 3.11. The van der Waals surface area contributed by atoms with E-state index in [9.17, 15) is 4.79 Å². The van der Waals surface area contributed by atoms with E-state index in [0.717, 1.165) is 24.2 Å². The van der Waals surface area contributed by atoms with Gasteiger partial charge in [-0.25, -0.2) is 4.98 Å². The molecule has 1 saturated heterocycles. The van der Waals surface area contributed by atoms with Crippen LogP contribution in [0.4, 0.5) is 0 Å². The zero-order chi connectivity index (χ0) is 13.1. The van der Waals surface area contributed by atoms with E-state index in [1.54, 1.807) is 0 Å². The third-order valence-electron chi connectivity index (χ3n) is 3.11. The number of nitrogens with zero attached hydrogens (tertiary/aromatic N) is 1. The SMILES string of the molecule is O=C(NCc1nc2ccccc2o1)C1CNCCN1. The number of aromatic nitrogens is 1. The largest absolute Gasteiger partial charge is 0.439 e. The lowest BCUT2D eigenvalue weighted by molar-refractivity contribution is -0.123. The molecule has 19 heavy (non-hydrogen) atoms.